The van der Waals surface area contributed by atoms with Gasteiger partial charge >= 0.3 is 0 Å². The minimum absolute atomic E-state index is 0.0971. The fourth-order valence-corrected chi connectivity index (χ4v) is 3.48. The Hall–Kier alpha value is -1.92. The number of hydrogen-bond acceptors (Lipinski definition) is 2. The number of aromatic nitrogens is 2. The monoisotopic (exact) mass is 356 g/mol. The van der Waals surface area contributed by atoms with E-state index in [9.17, 15) is 4.39 Å². The van der Waals surface area contributed by atoms with Crippen molar-refractivity contribution in [3.63, 3.8) is 0 Å². The SMILES string of the molecule is CCC[C@H]1CC[C@H](C#Cc2cnc(-c3ccc(Cl)c(F)c3)nc2)CC1. The first-order chi connectivity index (χ1) is 12.2. The van der Waals surface area contributed by atoms with Gasteiger partial charge in [-0.25, -0.2) is 14.4 Å². The first-order valence-corrected chi connectivity index (χ1v) is 9.32. The van der Waals surface area contributed by atoms with Crippen molar-refractivity contribution in [2.24, 2.45) is 11.8 Å². The molecule has 0 saturated heterocycles. The van der Waals surface area contributed by atoms with Crippen LogP contribution < -0.4 is 0 Å². The Morgan fingerprint density at radius 3 is 2.52 bits per heavy atom. The molecule has 1 fully saturated rings. The third-order valence-electron chi connectivity index (χ3n) is 4.79. The van der Waals surface area contributed by atoms with Crippen LogP contribution in [0, 0.1) is 29.5 Å². The van der Waals surface area contributed by atoms with E-state index in [0.29, 0.717) is 17.3 Å². The lowest BCUT2D eigenvalue weighted by Crippen LogP contribution is -2.13. The maximum absolute atomic E-state index is 13.5. The molecule has 0 radical (unpaired) electrons. The van der Waals surface area contributed by atoms with Crippen LogP contribution in [0.2, 0.25) is 5.02 Å². The quantitative estimate of drug-likeness (QED) is 0.640. The molecule has 130 valence electrons. The highest BCUT2D eigenvalue weighted by molar-refractivity contribution is 6.30. The van der Waals surface area contributed by atoms with Gasteiger partial charge in [-0.15, -0.1) is 0 Å². The highest BCUT2D eigenvalue weighted by Gasteiger charge is 2.18. The fraction of sp³-hybridized carbons (Fsp3) is 0.429. The molecule has 4 heteroatoms. The molecule has 0 amide bonds. The highest BCUT2D eigenvalue weighted by Crippen LogP contribution is 2.31. The van der Waals surface area contributed by atoms with E-state index in [4.69, 9.17) is 11.6 Å². The molecule has 0 aliphatic heterocycles. The van der Waals surface area contributed by atoms with Crippen LogP contribution in [0.25, 0.3) is 11.4 Å². The maximum Gasteiger partial charge on any atom is 0.159 e. The Morgan fingerprint density at radius 1 is 1.16 bits per heavy atom. The molecule has 0 bridgehead atoms. The van der Waals surface area contributed by atoms with E-state index in [1.165, 1.54) is 50.7 Å². The summed E-state index contributed by atoms with van der Waals surface area (Å²) in [4.78, 5) is 8.59. The molecule has 2 nitrogen and oxygen atoms in total. The van der Waals surface area contributed by atoms with Crippen molar-refractivity contribution in [1.29, 1.82) is 0 Å². The molecule has 1 aliphatic carbocycles. The van der Waals surface area contributed by atoms with Crippen LogP contribution in [0.4, 0.5) is 4.39 Å². The molecule has 1 aromatic carbocycles. The first-order valence-electron chi connectivity index (χ1n) is 8.94. The number of hydrogen-bond donors (Lipinski definition) is 0. The Labute approximate surface area is 153 Å². The molecular weight excluding hydrogens is 335 g/mol. The van der Waals surface area contributed by atoms with Gasteiger partial charge in [0.05, 0.1) is 10.6 Å². The van der Waals surface area contributed by atoms with E-state index in [-0.39, 0.29) is 5.02 Å². The summed E-state index contributed by atoms with van der Waals surface area (Å²) in [5.74, 6) is 7.94. The average molecular weight is 357 g/mol. The minimum atomic E-state index is -0.467. The first kappa shape index (κ1) is 17.9. The molecule has 0 unspecified atom stereocenters. The van der Waals surface area contributed by atoms with Gasteiger partial charge in [0.25, 0.3) is 0 Å². The van der Waals surface area contributed by atoms with Gasteiger partial charge in [-0.3, -0.25) is 0 Å². The lowest BCUT2D eigenvalue weighted by molar-refractivity contribution is 0.300. The standard InChI is InChI=1S/C21H22ClFN2/c1-2-3-15-4-6-16(7-5-15)8-9-17-13-24-21(25-14-17)18-10-11-19(22)20(23)12-18/h10-16H,2-7H2,1H3/t15-,16-. The van der Waals surface area contributed by atoms with Crippen molar-refractivity contribution >= 4 is 11.6 Å². The van der Waals surface area contributed by atoms with Crippen LogP contribution >= 0.6 is 11.6 Å². The molecule has 1 aliphatic rings. The van der Waals surface area contributed by atoms with E-state index in [1.54, 1.807) is 18.5 Å². The number of halogens is 2. The van der Waals surface area contributed by atoms with Crippen LogP contribution in [0.15, 0.2) is 30.6 Å². The zero-order valence-electron chi connectivity index (χ0n) is 14.4. The van der Waals surface area contributed by atoms with E-state index >= 15 is 0 Å². The predicted molar refractivity (Wildman–Crippen MR) is 99.7 cm³/mol. The van der Waals surface area contributed by atoms with E-state index in [2.05, 4.69) is 28.7 Å². The van der Waals surface area contributed by atoms with Crippen molar-refractivity contribution in [1.82, 2.24) is 9.97 Å². The molecular formula is C21H22ClFN2. The highest BCUT2D eigenvalue weighted by atomic mass is 35.5. The number of rotatable bonds is 3. The smallest absolute Gasteiger partial charge is 0.159 e. The normalized spacial score (nSPS) is 20.0. The van der Waals surface area contributed by atoms with Gasteiger partial charge in [0, 0.05) is 23.9 Å². The second-order valence-electron chi connectivity index (χ2n) is 6.70. The van der Waals surface area contributed by atoms with E-state index in [1.807, 2.05) is 0 Å². The van der Waals surface area contributed by atoms with Crippen LogP contribution in [0.3, 0.4) is 0 Å². The summed E-state index contributed by atoms with van der Waals surface area (Å²) >= 11 is 5.70. The van der Waals surface area contributed by atoms with Crippen molar-refractivity contribution in [3.8, 4) is 23.2 Å². The van der Waals surface area contributed by atoms with Crippen molar-refractivity contribution in [2.75, 3.05) is 0 Å². The molecule has 3 rings (SSSR count). The lowest BCUT2D eigenvalue weighted by atomic mass is 9.80. The number of benzene rings is 1. The molecule has 1 saturated carbocycles. The molecule has 1 heterocycles. The zero-order valence-corrected chi connectivity index (χ0v) is 15.2. The van der Waals surface area contributed by atoms with Crippen molar-refractivity contribution in [2.45, 2.75) is 45.4 Å². The largest absolute Gasteiger partial charge is 0.235 e. The van der Waals surface area contributed by atoms with Gasteiger partial charge in [-0.2, -0.15) is 0 Å². The van der Waals surface area contributed by atoms with Gasteiger partial charge in [0.2, 0.25) is 0 Å². The summed E-state index contributed by atoms with van der Waals surface area (Å²) in [6.07, 6.45) is 11.0. The molecule has 1 aromatic heterocycles. The maximum atomic E-state index is 13.5. The Kier molecular flexibility index (Phi) is 6.04. The summed E-state index contributed by atoms with van der Waals surface area (Å²) in [5, 5.41) is 0.0971. The lowest BCUT2D eigenvalue weighted by Gasteiger charge is -2.25. The molecule has 25 heavy (non-hydrogen) atoms. The summed E-state index contributed by atoms with van der Waals surface area (Å²) in [6, 6.07) is 4.57. The number of nitrogens with zero attached hydrogens (tertiary/aromatic N) is 2. The van der Waals surface area contributed by atoms with Crippen LogP contribution in [-0.4, -0.2) is 9.97 Å². The van der Waals surface area contributed by atoms with Gasteiger partial charge in [0.15, 0.2) is 5.82 Å². The second-order valence-corrected chi connectivity index (χ2v) is 7.11. The van der Waals surface area contributed by atoms with Gasteiger partial charge in [-0.1, -0.05) is 43.2 Å². The van der Waals surface area contributed by atoms with E-state index < -0.39 is 5.82 Å². The third-order valence-corrected chi connectivity index (χ3v) is 5.10. The summed E-state index contributed by atoms with van der Waals surface area (Å²) in [7, 11) is 0. The minimum Gasteiger partial charge on any atom is -0.235 e. The Balaban J connectivity index is 1.63. The van der Waals surface area contributed by atoms with Gasteiger partial charge in [-0.05, 0) is 49.8 Å². The van der Waals surface area contributed by atoms with Crippen molar-refractivity contribution in [3.05, 3.63) is 47.0 Å². The summed E-state index contributed by atoms with van der Waals surface area (Å²) in [6.45, 7) is 2.26. The Bertz CT molecular complexity index is 769. The van der Waals surface area contributed by atoms with Crippen molar-refractivity contribution < 1.29 is 4.39 Å². The third kappa shape index (κ3) is 4.80. The fourth-order valence-electron chi connectivity index (χ4n) is 3.37. The summed E-state index contributed by atoms with van der Waals surface area (Å²) < 4.78 is 13.5. The molecule has 0 atom stereocenters. The second kappa shape index (κ2) is 8.45. The Morgan fingerprint density at radius 2 is 1.88 bits per heavy atom. The zero-order chi connectivity index (χ0) is 17.6. The average Bonchev–Trinajstić information content (AvgIpc) is 2.64. The topological polar surface area (TPSA) is 25.8 Å². The predicted octanol–water partition coefficient (Wildman–Crippen LogP) is 5.89. The molecule has 0 spiro atoms. The van der Waals surface area contributed by atoms with Crippen LogP contribution in [0.5, 0.6) is 0 Å². The summed E-state index contributed by atoms with van der Waals surface area (Å²) in [5.41, 5.74) is 1.41. The van der Waals surface area contributed by atoms with Crippen LogP contribution in [-0.2, 0) is 0 Å². The van der Waals surface area contributed by atoms with Crippen LogP contribution in [0.1, 0.15) is 51.0 Å². The van der Waals surface area contributed by atoms with Gasteiger partial charge in [0.1, 0.15) is 5.82 Å². The van der Waals surface area contributed by atoms with Gasteiger partial charge < -0.3 is 0 Å². The molecule has 0 N–H and O–H groups in total. The molecule has 2 aromatic rings. The van der Waals surface area contributed by atoms with E-state index in [0.717, 1.165) is 11.5 Å².